The molecule has 0 aliphatic heterocycles. The molecule has 2 aromatic rings. The molecule has 0 bridgehead atoms. The van der Waals surface area contributed by atoms with E-state index in [1.54, 1.807) is 44.6 Å². The van der Waals surface area contributed by atoms with E-state index in [4.69, 9.17) is 14.2 Å². The maximum Gasteiger partial charge on any atom is 0.258 e. The van der Waals surface area contributed by atoms with Gasteiger partial charge in [0.15, 0.2) is 18.1 Å². The molecule has 0 saturated heterocycles. The quantitative estimate of drug-likeness (QED) is 0.614. The number of nitrogens with one attached hydrogen (secondary N) is 1. The Labute approximate surface area is 177 Å². The lowest BCUT2D eigenvalue weighted by Crippen LogP contribution is -2.31. The zero-order valence-electron chi connectivity index (χ0n) is 17.8. The van der Waals surface area contributed by atoms with Crippen molar-refractivity contribution in [1.82, 2.24) is 9.62 Å². The molecule has 0 aliphatic carbocycles. The van der Waals surface area contributed by atoms with E-state index in [1.165, 1.54) is 11.4 Å². The third-order valence-corrected chi connectivity index (χ3v) is 5.81. The molecule has 1 N–H and O–H groups in total. The molecule has 0 saturated carbocycles. The molecule has 1 atom stereocenters. The number of carbonyl (C=O) groups excluding carboxylic acids is 1. The highest BCUT2D eigenvalue weighted by molar-refractivity contribution is 7.88. The molecule has 9 heteroatoms. The van der Waals surface area contributed by atoms with Crippen LogP contribution >= 0.6 is 0 Å². The number of hydrogen-bond donors (Lipinski definition) is 1. The van der Waals surface area contributed by atoms with Crippen LogP contribution in [0.5, 0.6) is 17.2 Å². The molecule has 164 valence electrons. The Hall–Kier alpha value is -2.78. The summed E-state index contributed by atoms with van der Waals surface area (Å²) in [6.45, 7) is 1.99. The molecule has 0 spiro atoms. The van der Waals surface area contributed by atoms with E-state index in [0.29, 0.717) is 17.2 Å². The number of ether oxygens (including phenoxy) is 3. The summed E-state index contributed by atoms with van der Waals surface area (Å²) in [5.74, 6) is 1.47. The first-order chi connectivity index (χ1) is 14.1. The van der Waals surface area contributed by atoms with E-state index in [2.05, 4.69) is 5.32 Å². The van der Waals surface area contributed by atoms with Crippen molar-refractivity contribution in [3.63, 3.8) is 0 Å². The Morgan fingerprint density at radius 2 is 1.70 bits per heavy atom. The zero-order valence-corrected chi connectivity index (χ0v) is 18.7. The molecule has 2 rings (SSSR count). The van der Waals surface area contributed by atoms with Gasteiger partial charge in [-0.3, -0.25) is 4.79 Å². The highest BCUT2D eigenvalue weighted by Gasteiger charge is 2.14. The van der Waals surface area contributed by atoms with Gasteiger partial charge < -0.3 is 19.5 Å². The van der Waals surface area contributed by atoms with Crippen molar-refractivity contribution in [2.45, 2.75) is 19.5 Å². The van der Waals surface area contributed by atoms with Crippen molar-refractivity contribution < 1.29 is 27.4 Å². The van der Waals surface area contributed by atoms with Crippen molar-refractivity contribution >= 4 is 15.9 Å². The Kier molecular flexibility index (Phi) is 8.08. The maximum absolute atomic E-state index is 12.2. The van der Waals surface area contributed by atoms with Crippen LogP contribution in [0.15, 0.2) is 42.5 Å². The summed E-state index contributed by atoms with van der Waals surface area (Å²) in [6.07, 6.45) is 1.16. The largest absolute Gasteiger partial charge is 0.493 e. The number of nitrogens with zero attached hydrogens (tertiary/aromatic N) is 1. The fraction of sp³-hybridized carbons (Fsp3) is 0.381. The van der Waals surface area contributed by atoms with Gasteiger partial charge >= 0.3 is 0 Å². The van der Waals surface area contributed by atoms with Gasteiger partial charge in [-0.1, -0.05) is 18.2 Å². The topological polar surface area (TPSA) is 94.2 Å². The van der Waals surface area contributed by atoms with E-state index in [1.807, 2.05) is 19.1 Å². The standard InChI is InChI=1S/C21H28N2O6S/c1-15(17-8-11-19(27-3)20(12-17)28-4)22-21(24)14-29-18-9-6-16(7-10-18)13-23(2)30(5,25)26/h6-12,15H,13-14H2,1-5H3,(H,22,24)/t15-/m0/s1. The van der Waals surface area contributed by atoms with Gasteiger partial charge in [0, 0.05) is 13.6 Å². The molecule has 0 fully saturated rings. The van der Waals surface area contributed by atoms with Crippen LogP contribution in [0.3, 0.4) is 0 Å². The monoisotopic (exact) mass is 436 g/mol. The summed E-state index contributed by atoms with van der Waals surface area (Å²) < 4.78 is 40.3. The third kappa shape index (κ3) is 6.64. The number of carbonyl (C=O) groups is 1. The lowest BCUT2D eigenvalue weighted by molar-refractivity contribution is -0.123. The summed E-state index contributed by atoms with van der Waals surface area (Å²) in [5.41, 5.74) is 1.70. The zero-order chi connectivity index (χ0) is 22.3. The molecule has 30 heavy (non-hydrogen) atoms. The molecule has 8 nitrogen and oxygen atoms in total. The predicted octanol–water partition coefficient (Wildman–Crippen LogP) is 2.35. The fourth-order valence-corrected chi connectivity index (χ4v) is 3.09. The number of amides is 1. The summed E-state index contributed by atoms with van der Waals surface area (Å²) in [4.78, 5) is 12.2. The molecule has 2 aromatic carbocycles. The lowest BCUT2D eigenvalue weighted by atomic mass is 10.1. The normalized spacial score (nSPS) is 12.3. The molecular weight excluding hydrogens is 408 g/mol. The van der Waals surface area contributed by atoms with Gasteiger partial charge in [-0.05, 0) is 42.3 Å². The first-order valence-corrected chi connectivity index (χ1v) is 11.1. The number of methoxy groups -OCH3 is 2. The number of sulfonamides is 1. The van der Waals surface area contributed by atoms with Gasteiger partial charge in [0.2, 0.25) is 10.0 Å². The van der Waals surface area contributed by atoms with Crippen LogP contribution in [0.1, 0.15) is 24.1 Å². The first-order valence-electron chi connectivity index (χ1n) is 9.28. The Balaban J connectivity index is 1.88. The van der Waals surface area contributed by atoms with Gasteiger partial charge in [0.25, 0.3) is 5.91 Å². The molecule has 0 aliphatic rings. The first kappa shape index (κ1) is 23.5. The average molecular weight is 437 g/mol. The summed E-state index contributed by atoms with van der Waals surface area (Å²) in [6, 6.07) is 12.2. The molecule has 0 heterocycles. The van der Waals surface area contributed by atoms with E-state index in [0.717, 1.165) is 17.4 Å². The van der Waals surface area contributed by atoms with Gasteiger partial charge in [-0.15, -0.1) is 0 Å². The second kappa shape index (κ2) is 10.3. The van der Waals surface area contributed by atoms with E-state index >= 15 is 0 Å². The average Bonchev–Trinajstić information content (AvgIpc) is 2.71. The second-order valence-corrected chi connectivity index (χ2v) is 8.94. The Morgan fingerprint density at radius 3 is 2.27 bits per heavy atom. The van der Waals surface area contributed by atoms with Crippen LogP contribution in [0, 0.1) is 0 Å². The molecule has 0 unspecified atom stereocenters. The van der Waals surface area contributed by atoms with Crippen LogP contribution in [0.2, 0.25) is 0 Å². The van der Waals surface area contributed by atoms with Crippen molar-refractivity contribution in [3.8, 4) is 17.2 Å². The van der Waals surface area contributed by atoms with Gasteiger partial charge in [0.05, 0.1) is 26.5 Å². The van der Waals surface area contributed by atoms with Crippen LogP contribution < -0.4 is 19.5 Å². The minimum Gasteiger partial charge on any atom is -0.493 e. The molecular formula is C21H28N2O6S. The molecule has 0 radical (unpaired) electrons. The summed E-state index contributed by atoms with van der Waals surface area (Å²) in [7, 11) is 1.40. The molecule has 1 amide bonds. The second-order valence-electron chi connectivity index (χ2n) is 6.86. The van der Waals surface area contributed by atoms with E-state index in [9.17, 15) is 13.2 Å². The summed E-state index contributed by atoms with van der Waals surface area (Å²) >= 11 is 0. The van der Waals surface area contributed by atoms with Gasteiger partial charge in [0.1, 0.15) is 5.75 Å². The Morgan fingerprint density at radius 1 is 1.07 bits per heavy atom. The van der Waals surface area contributed by atoms with Crippen LogP contribution in [-0.4, -0.2) is 52.8 Å². The Bertz CT molecular complexity index is 960. The van der Waals surface area contributed by atoms with E-state index in [-0.39, 0.29) is 25.1 Å². The number of hydrogen-bond acceptors (Lipinski definition) is 6. The van der Waals surface area contributed by atoms with Crippen LogP contribution in [0.25, 0.3) is 0 Å². The SMILES string of the molecule is COc1ccc([C@H](C)NC(=O)COc2ccc(CN(C)S(C)(=O)=O)cc2)cc1OC. The van der Waals surface area contributed by atoms with Crippen molar-refractivity contribution in [3.05, 3.63) is 53.6 Å². The number of rotatable bonds is 10. The van der Waals surface area contributed by atoms with Gasteiger partial charge in [-0.2, -0.15) is 0 Å². The number of benzene rings is 2. The van der Waals surface area contributed by atoms with Crippen LogP contribution in [0.4, 0.5) is 0 Å². The molecule has 0 aromatic heterocycles. The lowest BCUT2D eigenvalue weighted by Gasteiger charge is -2.17. The van der Waals surface area contributed by atoms with E-state index < -0.39 is 10.0 Å². The minimum absolute atomic E-state index is 0.139. The smallest absolute Gasteiger partial charge is 0.258 e. The third-order valence-electron chi connectivity index (χ3n) is 4.55. The maximum atomic E-state index is 12.2. The summed E-state index contributed by atoms with van der Waals surface area (Å²) in [5, 5.41) is 2.88. The van der Waals surface area contributed by atoms with Crippen molar-refractivity contribution in [1.29, 1.82) is 0 Å². The highest BCUT2D eigenvalue weighted by atomic mass is 32.2. The van der Waals surface area contributed by atoms with Gasteiger partial charge in [-0.25, -0.2) is 12.7 Å². The fourth-order valence-electron chi connectivity index (χ4n) is 2.70. The van der Waals surface area contributed by atoms with Crippen molar-refractivity contribution in [2.75, 3.05) is 34.1 Å². The van der Waals surface area contributed by atoms with Crippen LogP contribution in [-0.2, 0) is 21.4 Å². The minimum atomic E-state index is -3.24. The van der Waals surface area contributed by atoms with Crippen molar-refractivity contribution in [2.24, 2.45) is 0 Å². The predicted molar refractivity (Wildman–Crippen MR) is 114 cm³/mol. The highest BCUT2D eigenvalue weighted by Crippen LogP contribution is 2.29.